The molecule has 4 rings (SSSR count). The largest absolute Gasteiger partial charge is 0.478 e. The van der Waals surface area contributed by atoms with E-state index in [1.807, 2.05) is 18.2 Å². The number of hydrogen-bond donors (Lipinski definition) is 3. The molecule has 1 saturated heterocycles. The minimum absolute atomic E-state index is 0.0855. The SMILES string of the molecule is CC(=O)Nc1ccc2c(CCC3CCN(Cc4ccccc4)CC3)noc2c1.O=C(O)C=CC(=O)O. The number of nitrogens with one attached hydrogen (secondary N) is 1. The van der Waals surface area contributed by atoms with Crippen LogP contribution in [0.3, 0.4) is 0 Å². The van der Waals surface area contributed by atoms with Crippen LogP contribution < -0.4 is 5.32 Å². The van der Waals surface area contributed by atoms with Gasteiger partial charge in [0.1, 0.15) is 0 Å². The van der Waals surface area contributed by atoms with Crippen LogP contribution in [-0.4, -0.2) is 51.2 Å². The number of aromatic nitrogens is 1. The topological polar surface area (TPSA) is 133 Å². The summed E-state index contributed by atoms with van der Waals surface area (Å²) in [6.07, 6.45) is 5.69. The van der Waals surface area contributed by atoms with Crippen LogP contribution in [0.2, 0.25) is 0 Å². The third kappa shape index (κ3) is 8.66. The lowest BCUT2D eigenvalue weighted by Gasteiger charge is -2.31. The van der Waals surface area contributed by atoms with Crippen molar-refractivity contribution in [3.05, 3.63) is 71.9 Å². The summed E-state index contributed by atoms with van der Waals surface area (Å²) >= 11 is 0. The molecule has 1 amide bonds. The molecule has 1 aromatic heterocycles. The second-order valence-electron chi connectivity index (χ2n) is 8.77. The molecular weight excluding hydrogens is 462 g/mol. The Morgan fingerprint density at radius 3 is 2.33 bits per heavy atom. The summed E-state index contributed by atoms with van der Waals surface area (Å²) in [5.41, 5.74) is 3.90. The zero-order valence-electron chi connectivity index (χ0n) is 20.2. The van der Waals surface area contributed by atoms with Crippen molar-refractivity contribution in [2.45, 2.75) is 39.2 Å². The van der Waals surface area contributed by atoms with Gasteiger partial charge in [-0.25, -0.2) is 9.59 Å². The van der Waals surface area contributed by atoms with Gasteiger partial charge in [-0.05, 0) is 62.4 Å². The van der Waals surface area contributed by atoms with Crippen molar-refractivity contribution in [2.24, 2.45) is 5.92 Å². The van der Waals surface area contributed by atoms with Gasteiger partial charge < -0.3 is 20.1 Å². The molecule has 9 nitrogen and oxygen atoms in total. The third-order valence-corrected chi connectivity index (χ3v) is 5.98. The van der Waals surface area contributed by atoms with Crippen LogP contribution in [0.5, 0.6) is 0 Å². The number of carbonyl (C=O) groups is 3. The van der Waals surface area contributed by atoms with E-state index >= 15 is 0 Å². The minimum Gasteiger partial charge on any atom is -0.478 e. The van der Waals surface area contributed by atoms with E-state index in [1.165, 1.54) is 38.4 Å². The molecule has 0 bridgehead atoms. The van der Waals surface area contributed by atoms with E-state index in [9.17, 15) is 14.4 Å². The number of carboxylic acid groups (broad SMARTS) is 2. The molecule has 2 aromatic carbocycles. The number of aryl methyl sites for hydroxylation is 1. The van der Waals surface area contributed by atoms with E-state index in [-0.39, 0.29) is 5.91 Å². The van der Waals surface area contributed by atoms with E-state index in [2.05, 4.69) is 45.7 Å². The van der Waals surface area contributed by atoms with Crippen LogP contribution >= 0.6 is 0 Å². The van der Waals surface area contributed by atoms with E-state index in [4.69, 9.17) is 14.7 Å². The monoisotopic (exact) mass is 493 g/mol. The smallest absolute Gasteiger partial charge is 0.328 e. The van der Waals surface area contributed by atoms with Gasteiger partial charge in [-0.2, -0.15) is 0 Å². The zero-order chi connectivity index (χ0) is 25.9. The number of fused-ring (bicyclic) bond motifs is 1. The standard InChI is InChI=1S/C23H27N3O2.C4H4O4/c1-17(27)24-20-8-9-21-22(25-28-23(21)15-20)10-7-18-11-13-26(14-12-18)16-19-5-3-2-4-6-19;5-3(6)1-2-4(7)8/h2-6,8-9,15,18H,7,10-14,16H2,1H3,(H,24,27);1-2H,(H,5,6)(H,7,8). The second-order valence-corrected chi connectivity index (χ2v) is 8.77. The van der Waals surface area contributed by atoms with Crippen LogP contribution in [0.25, 0.3) is 11.0 Å². The predicted octanol–water partition coefficient (Wildman–Crippen LogP) is 4.34. The van der Waals surface area contributed by atoms with Gasteiger partial charge >= 0.3 is 11.9 Å². The summed E-state index contributed by atoms with van der Waals surface area (Å²) < 4.78 is 5.49. The molecule has 0 spiro atoms. The highest BCUT2D eigenvalue weighted by atomic mass is 16.5. The molecule has 9 heteroatoms. The number of benzene rings is 2. The Hall–Kier alpha value is -3.98. The lowest BCUT2D eigenvalue weighted by atomic mass is 9.91. The maximum atomic E-state index is 11.2. The summed E-state index contributed by atoms with van der Waals surface area (Å²) in [4.78, 5) is 32.9. The minimum atomic E-state index is -1.26. The first-order chi connectivity index (χ1) is 17.3. The molecule has 0 radical (unpaired) electrons. The number of carboxylic acids is 2. The molecule has 190 valence electrons. The maximum Gasteiger partial charge on any atom is 0.328 e. The van der Waals surface area contributed by atoms with E-state index < -0.39 is 11.9 Å². The van der Waals surface area contributed by atoms with Gasteiger partial charge in [0.05, 0.1) is 5.69 Å². The summed E-state index contributed by atoms with van der Waals surface area (Å²) in [5, 5.41) is 23.7. The fraction of sp³-hybridized carbons (Fsp3) is 0.333. The summed E-state index contributed by atoms with van der Waals surface area (Å²) in [6.45, 7) is 4.89. The molecule has 1 aliphatic heterocycles. The molecule has 2 heterocycles. The summed E-state index contributed by atoms with van der Waals surface area (Å²) in [6, 6.07) is 16.5. The number of aliphatic carboxylic acids is 2. The lowest BCUT2D eigenvalue weighted by Crippen LogP contribution is -2.33. The Morgan fingerprint density at radius 2 is 1.72 bits per heavy atom. The average Bonchev–Trinajstić information content (AvgIpc) is 3.25. The number of amides is 1. The van der Waals surface area contributed by atoms with Gasteiger partial charge in [-0.1, -0.05) is 35.5 Å². The first kappa shape index (κ1) is 26.6. The van der Waals surface area contributed by atoms with Gasteiger partial charge in [-0.15, -0.1) is 0 Å². The van der Waals surface area contributed by atoms with Gasteiger partial charge in [-0.3, -0.25) is 9.69 Å². The molecule has 0 saturated carbocycles. The Kier molecular flexibility index (Phi) is 9.76. The summed E-state index contributed by atoms with van der Waals surface area (Å²) in [5.74, 6) is -1.85. The fourth-order valence-corrected chi connectivity index (χ4v) is 4.21. The van der Waals surface area contributed by atoms with Crippen LogP contribution in [0.15, 0.2) is 65.2 Å². The van der Waals surface area contributed by atoms with E-state index in [0.717, 1.165) is 47.7 Å². The van der Waals surface area contributed by atoms with Gasteiger partial charge in [0.15, 0.2) is 5.58 Å². The number of likely N-dealkylation sites (tertiary alicyclic amines) is 1. The number of anilines is 1. The normalized spacial score (nSPS) is 14.4. The highest BCUT2D eigenvalue weighted by molar-refractivity contribution is 5.92. The fourth-order valence-electron chi connectivity index (χ4n) is 4.21. The van der Waals surface area contributed by atoms with Crippen molar-refractivity contribution in [2.75, 3.05) is 18.4 Å². The molecule has 0 unspecified atom stereocenters. The third-order valence-electron chi connectivity index (χ3n) is 5.98. The Labute approximate surface area is 209 Å². The molecule has 36 heavy (non-hydrogen) atoms. The Bertz CT molecular complexity index is 1180. The van der Waals surface area contributed by atoms with Gasteiger partial charge in [0.25, 0.3) is 0 Å². The lowest BCUT2D eigenvalue weighted by molar-refractivity contribution is -0.134. The quantitative estimate of drug-likeness (QED) is 0.395. The molecule has 3 aromatic rings. The van der Waals surface area contributed by atoms with E-state index in [1.54, 1.807) is 0 Å². The first-order valence-electron chi connectivity index (χ1n) is 11.9. The van der Waals surface area contributed by atoms with Crippen molar-refractivity contribution in [3.8, 4) is 0 Å². The number of nitrogens with zero attached hydrogens (tertiary/aromatic N) is 2. The van der Waals surface area contributed by atoms with Crippen molar-refractivity contribution in [3.63, 3.8) is 0 Å². The molecule has 0 aliphatic carbocycles. The Balaban J connectivity index is 0.000000392. The average molecular weight is 494 g/mol. The predicted molar refractivity (Wildman–Crippen MR) is 135 cm³/mol. The Morgan fingerprint density at radius 1 is 1.06 bits per heavy atom. The van der Waals surface area contributed by atoms with Crippen molar-refractivity contribution >= 4 is 34.5 Å². The van der Waals surface area contributed by atoms with Crippen LogP contribution in [0, 0.1) is 5.92 Å². The van der Waals surface area contributed by atoms with Crippen molar-refractivity contribution < 1.29 is 29.1 Å². The molecule has 3 N–H and O–H groups in total. The summed E-state index contributed by atoms with van der Waals surface area (Å²) in [7, 11) is 0. The highest BCUT2D eigenvalue weighted by Gasteiger charge is 2.20. The molecular formula is C27H31N3O6. The molecule has 0 atom stereocenters. The van der Waals surface area contributed by atoms with Gasteiger partial charge in [0.2, 0.25) is 5.91 Å². The first-order valence-corrected chi connectivity index (χ1v) is 11.9. The second kappa shape index (κ2) is 13.2. The van der Waals surface area contributed by atoms with Crippen LogP contribution in [0.4, 0.5) is 5.69 Å². The van der Waals surface area contributed by atoms with Crippen LogP contribution in [0.1, 0.15) is 37.4 Å². The van der Waals surface area contributed by atoms with Gasteiger partial charge in [0, 0.05) is 42.8 Å². The number of hydrogen-bond acceptors (Lipinski definition) is 6. The number of piperidine rings is 1. The van der Waals surface area contributed by atoms with Crippen LogP contribution in [-0.2, 0) is 27.3 Å². The zero-order valence-corrected chi connectivity index (χ0v) is 20.2. The van der Waals surface area contributed by atoms with Crippen molar-refractivity contribution in [1.29, 1.82) is 0 Å². The number of rotatable bonds is 8. The van der Waals surface area contributed by atoms with Crippen molar-refractivity contribution in [1.82, 2.24) is 10.1 Å². The maximum absolute atomic E-state index is 11.2. The molecule has 1 aliphatic rings. The molecule has 1 fully saturated rings. The van der Waals surface area contributed by atoms with E-state index in [0.29, 0.717) is 12.2 Å². The highest BCUT2D eigenvalue weighted by Crippen LogP contribution is 2.27. The number of carbonyl (C=O) groups excluding carboxylic acids is 1.